The molecule has 2 heteroatoms. The highest BCUT2D eigenvalue weighted by atomic mass is 16.5. The van der Waals surface area contributed by atoms with Gasteiger partial charge in [-0.3, -0.25) is 0 Å². The Labute approximate surface area is 37.5 Å². The Morgan fingerprint density at radius 3 is 3.00 bits per heavy atom. The van der Waals surface area contributed by atoms with E-state index in [0.29, 0.717) is 0 Å². The van der Waals surface area contributed by atoms with Crippen LogP contribution in [0.4, 0.5) is 0 Å². The minimum absolute atomic E-state index is 0.141. The maximum atomic E-state index is 6.80. The number of ether oxygens (including phenoxy) is 1. The summed E-state index contributed by atoms with van der Waals surface area (Å²) in [6.07, 6.45) is 4.63. The van der Waals surface area contributed by atoms with Crippen LogP contribution in [0.1, 0.15) is 1.37 Å². The molecule has 0 atom stereocenters. The normalized spacial score (nSPS) is 20.0. The molecule has 1 aliphatic heterocycles. The fourth-order valence-corrected chi connectivity index (χ4v) is 0.229. The first kappa shape index (κ1) is 2.29. The fraction of sp³-hybridized carbons (Fsp3) is 0. The quantitative estimate of drug-likeness (QED) is 0.462. The third kappa shape index (κ3) is 0.516. The molecule has 1 N–H and O–H groups in total. The van der Waals surface area contributed by atoms with E-state index in [1.165, 1.54) is 12.5 Å². The van der Waals surface area contributed by atoms with Crippen molar-refractivity contribution < 1.29 is 6.11 Å². The lowest BCUT2D eigenvalue weighted by molar-refractivity contribution is 0.390. The maximum absolute atomic E-state index is 6.80. The summed E-state index contributed by atoms with van der Waals surface area (Å²) in [5.74, 6) is 0. The van der Waals surface area contributed by atoms with E-state index in [-0.39, 0.29) is 6.24 Å². The van der Waals surface area contributed by atoms with Crippen molar-refractivity contribution in [2.75, 3.05) is 0 Å². The Balaban J connectivity index is 2.50. The molecule has 0 aromatic heterocycles. The maximum Gasteiger partial charge on any atom is 0.106 e. The summed E-state index contributed by atoms with van der Waals surface area (Å²) in [6, 6.07) is 0. The summed E-state index contributed by atoms with van der Waals surface area (Å²) < 4.78 is 11.4. The average molecular weight is 84.1 g/mol. The van der Waals surface area contributed by atoms with Gasteiger partial charge in [-0.15, -0.1) is 0 Å². The second-order valence-corrected chi connectivity index (χ2v) is 0.849. The summed E-state index contributed by atoms with van der Waals surface area (Å²) in [7, 11) is 0. The van der Waals surface area contributed by atoms with Gasteiger partial charge in [-0.2, -0.15) is 0 Å². The Morgan fingerprint density at radius 2 is 2.67 bits per heavy atom. The van der Waals surface area contributed by atoms with Gasteiger partial charge in [0.15, 0.2) is 0 Å². The lowest BCUT2D eigenvalue weighted by Gasteiger charge is -1.94. The topological polar surface area (TPSA) is 21.3 Å². The van der Waals surface area contributed by atoms with Crippen LogP contribution in [0, 0.1) is 0 Å². The molecule has 0 saturated carbocycles. The predicted octanol–water partition coefficient (Wildman–Crippen LogP) is 0.549. The number of rotatable bonds is 0. The van der Waals surface area contributed by atoms with Gasteiger partial charge in [0.05, 0.1) is 0 Å². The van der Waals surface area contributed by atoms with Crippen LogP contribution in [0.5, 0.6) is 0 Å². The third-order valence-corrected chi connectivity index (χ3v) is 0.443. The van der Waals surface area contributed by atoms with Crippen LogP contribution in [0.25, 0.3) is 0 Å². The largest absolute Gasteiger partial charge is 0.470 e. The van der Waals surface area contributed by atoms with E-state index < -0.39 is 0 Å². The molecule has 0 radical (unpaired) electrons. The standard InChI is InChI=1S/C4H5NO/c1-3-6-4-2-5-1/h1-5H/i3D. The first-order valence-electron chi connectivity index (χ1n) is 2.14. The monoisotopic (exact) mass is 84.0 g/mol. The Bertz CT molecular complexity index is 119. The molecule has 0 aromatic carbocycles. The summed E-state index contributed by atoms with van der Waals surface area (Å²) in [5.41, 5.74) is 0. The molecule has 0 saturated heterocycles. The van der Waals surface area contributed by atoms with Gasteiger partial charge in [0.2, 0.25) is 0 Å². The molecule has 0 fully saturated rings. The summed E-state index contributed by atoms with van der Waals surface area (Å²) >= 11 is 0. The minimum atomic E-state index is 0.141. The van der Waals surface area contributed by atoms with Crippen LogP contribution >= 0.6 is 0 Å². The van der Waals surface area contributed by atoms with Gasteiger partial charge < -0.3 is 10.1 Å². The Morgan fingerprint density at radius 1 is 1.67 bits per heavy atom. The van der Waals surface area contributed by atoms with Gasteiger partial charge in [-0.05, 0) is 0 Å². The fourth-order valence-electron chi connectivity index (χ4n) is 0.229. The van der Waals surface area contributed by atoms with E-state index >= 15 is 0 Å². The van der Waals surface area contributed by atoms with Gasteiger partial charge in [0, 0.05) is 12.4 Å². The van der Waals surface area contributed by atoms with Crippen molar-refractivity contribution >= 4 is 0 Å². The molecule has 2 nitrogen and oxygen atoms in total. The van der Waals surface area contributed by atoms with E-state index in [1.54, 1.807) is 6.20 Å². The Hall–Kier alpha value is -0.920. The van der Waals surface area contributed by atoms with E-state index in [4.69, 9.17) is 1.37 Å². The zero-order valence-corrected chi connectivity index (χ0v) is 3.14. The highest BCUT2D eigenvalue weighted by molar-refractivity contribution is 4.87. The molecule has 1 heterocycles. The van der Waals surface area contributed by atoms with Crippen molar-refractivity contribution in [3.05, 3.63) is 24.9 Å². The van der Waals surface area contributed by atoms with Crippen molar-refractivity contribution in [3.63, 3.8) is 0 Å². The van der Waals surface area contributed by atoms with Crippen molar-refractivity contribution in [2.24, 2.45) is 0 Å². The third-order valence-electron chi connectivity index (χ3n) is 0.443. The number of nitrogens with one attached hydrogen (secondary N) is 1. The van der Waals surface area contributed by atoms with E-state index in [0.717, 1.165) is 0 Å². The molecule has 6 heavy (non-hydrogen) atoms. The van der Waals surface area contributed by atoms with Crippen LogP contribution in [-0.2, 0) is 4.74 Å². The van der Waals surface area contributed by atoms with Crippen LogP contribution in [-0.4, -0.2) is 0 Å². The zero-order chi connectivity index (χ0) is 5.11. The minimum Gasteiger partial charge on any atom is -0.470 e. The van der Waals surface area contributed by atoms with Gasteiger partial charge in [0.1, 0.15) is 13.9 Å². The SMILES string of the molecule is [2H]C1=CNC=CO1. The molecule has 1 aliphatic rings. The van der Waals surface area contributed by atoms with Crippen molar-refractivity contribution in [1.29, 1.82) is 0 Å². The van der Waals surface area contributed by atoms with Crippen LogP contribution in [0.3, 0.4) is 0 Å². The van der Waals surface area contributed by atoms with Gasteiger partial charge in [-0.25, -0.2) is 0 Å². The molecule has 0 aliphatic carbocycles. The van der Waals surface area contributed by atoms with Crippen molar-refractivity contribution in [1.82, 2.24) is 5.32 Å². The molecule has 0 bridgehead atoms. The van der Waals surface area contributed by atoms with Gasteiger partial charge in [-0.1, -0.05) is 0 Å². The first-order chi connectivity index (χ1) is 3.39. The number of hydrogen-bond donors (Lipinski definition) is 1. The molecule has 0 aromatic rings. The van der Waals surface area contributed by atoms with Crippen LogP contribution in [0.15, 0.2) is 24.9 Å². The molecule has 32 valence electrons. The molecule has 1 rings (SSSR count). The van der Waals surface area contributed by atoms with E-state index in [1.807, 2.05) is 0 Å². The lowest BCUT2D eigenvalue weighted by Crippen LogP contribution is -1.94. The summed E-state index contributed by atoms with van der Waals surface area (Å²) in [5, 5.41) is 2.68. The highest BCUT2D eigenvalue weighted by Crippen LogP contribution is 1.81. The first-order valence-corrected chi connectivity index (χ1v) is 1.64. The molecule has 0 amide bonds. The van der Waals surface area contributed by atoms with Gasteiger partial charge in [0.25, 0.3) is 0 Å². The summed E-state index contributed by atoms with van der Waals surface area (Å²) in [6.45, 7) is 0. The molecule has 0 unspecified atom stereocenters. The zero-order valence-electron chi connectivity index (χ0n) is 4.14. The molecular formula is C4H5NO. The van der Waals surface area contributed by atoms with Crippen LogP contribution < -0.4 is 5.32 Å². The highest BCUT2D eigenvalue weighted by Gasteiger charge is 1.72. The second kappa shape index (κ2) is 1.50. The van der Waals surface area contributed by atoms with Crippen molar-refractivity contribution in [2.45, 2.75) is 0 Å². The smallest absolute Gasteiger partial charge is 0.106 e. The van der Waals surface area contributed by atoms with Gasteiger partial charge >= 0.3 is 0 Å². The van der Waals surface area contributed by atoms with E-state index in [9.17, 15) is 0 Å². The van der Waals surface area contributed by atoms with Crippen molar-refractivity contribution in [3.8, 4) is 0 Å². The molecule has 0 spiro atoms. The average Bonchev–Trinajstić information content (AvgIpc) is 1.69. The van der Waals surface area contributed by atoms with Crippen LogP contribution in [0.2, 0.25) is 0 Å². The molecular weight excluding hydrogens is 78.0 g/mol. The predicted molar refractivity (Wildman–Crippen MR) is 22.5 cm³/mol. The lowest BCUT2D eigenvalue weighted by atomic mass is 10.8. The van der Waals surface area contributed by atoms with E-state index in [2.05, 4.69) is 10.1 Å². The number of hydrogen-bond acceptors (Lipinski definition) is 2. The Kier molecular flexibility index (Phi) is 0.572. The second-order valence-electron chi connectivity index (χ2n) is 0.849. The summed E-state index contributed by atoms with van der Waals surface area (Å²) in [4.78, 5) is 0.